The Hall–Kier alpha value is -2.22. The molecule has 0 unspecified atom stereocenters. The number of hydrogen-bond donors (Lipinski definition) is 0. The van der Waals surface area contributed by atoms with Crippen molar-refractivity contribution in [2.45, 2.75) is 50.3 Å². The summed E-state index contributed by atoms with van der Waals surface area (Å²) >= 11 is 1.23. The van der Waals surface area contributed by atoms with Crippen LogP contribution in [-0.4, -0.2) is 43.8 Å². The number of ketones is 1. The molecule has 3 rings (SSSR count). The fourth-order valence-electron chi connectivity index (χ4n) is 2.81. The predicted molar refractivity (Wildman–Crippen MR) is 92.8 cm³/mol. The molecule has 0 N–H and O–H groups in total. The summed E-state index contributed by atoms with van der Waals surface area (Å²) in [4.78, 5) is 23.6. The number of esters is 1. The van der Waals surface area contributed by atoms with Gasteiger partial charge in [0.25, 0.3) is 0 Å². The molecule has 132 valence electrons. The van der Waals surface area contributed by atoms with Crippen molar-refractivity contribution >= 4 is 23.5 Å². The van der Waals surface area contributed by atoms with Gasteiger partial charge in [0, 0.05) is 5.56 Å². The minimum atomic E-state index is -0.246. The number of aromatic nitrogens is 4. The summed E-state index contributed by atoms with van der Waals surface area (Å²) in [6.45, 7) is 1.51. The summed E-state index contributed by atoms with van der Waals surface area (Å²) in [7, 11) is 0. The molecule has 1 aliphatic rings. The van der Waals surface area contributed by atoms with Crippen molar-refractivity contribution in [1.29, 1.82) is 0 Å². The van der Waals surface area contributed by atoms with E-state index in [2.05, 4.69) is 15.5 Å². The van der Waals surface area contributed by atoms with Crippen LogP contribution < -0.4 is 0 Å². The van der Waals surface area contributed by atoms with Crippen LogP contribution in [0.25, 0.3) is 5.69 Å². The number of nitrogens with zero attached hydrogens (tertiary/aromatic N) is 4. The minimum absolute atomic E-state index is 0.0276. The van der Waals surface area contributed by atoms with Gasteiger partial charge in [-0.05, 0) is 55.2 Å². The molecule has 1 heterocycles. The first kappa shape index (κ1) is 17.6. The van der Waals surface area contributed by atoms with E-state index in [-0.39, 0.29) is 23.6 Å². The third-order valence-electron chi connectivity index (χ3n) is 4.11. The molecule has 0 saturated heterocycles. The molecular weight excluding hydrogens is 340 g/mol. The largest absolute Gasteiger partial charge is 0.462 e. The van der Waals surface area contributed by atoms with E-state index in [1.165, 1.54) is 29.8 Å². The van der Waals surface area contributed by atoms with Crippen molar-refractivity contribution in [2.24, 2.45) is 0 Å². The summed E-state index contributed by atoms with van der Waals surface area (Å²) < 4.78 is 7.02. The van der Waals surface area contributed by atoms with E-state index in [1.54, 1.807) is 18.2 Å². The van der Waals surface area contributed by atoms with E-state index < -0.39 is 0 Å². The molecular formula is C17H20N4O3S. The Morgan fingerprint density at radius 3 is 2.84 bits per heavy atom. The van der Waals surface area contributed by atoms with Crippen molar-refractivity contribution in [2.75, 3.05) is 5.75 Å². The van der Waals surface area contributed by atoms with Crippen LogP contribution in [0.4, 0.5) is 0 Å². The van der Waals surface area contributed by atoms with Crippen molar-refractivity contribution in [3.63, 3.8) is 0 Å². The zero-order chi connectivity index (χ0) is 17.6. The Bertz CT molecular complexity index is 756. The molecule has 1 fully saturated rings. The molecule has 0 amide bonds. The lowest BCUT2D eigenvalue weighted by molar-refractivity contribution is -0.147. The Kier molecular flexibility index (Phi) is 5.80. The monoisotopic (exact) mass is 360 g/mol. The van der Waals surface area contributed by atoms with Gasteiger partial charge in [-0.1, -0.05) is 30.3 Å². The fraction of sp³-hybridized carbons (Fsp3) is 0.471. The SMILES string of the molecule is CC(=O)c1cccc(-n2nnnc2SCC(=O)OC2CCCCC2)c1. The number of rotatable bonds is 6. The van der Waals surface area contributed by atoms with Crippen molar-refractivity contribution in [3.8, 4) is 5.69 Å². The minimum Gasteiger partial charge on any atom is -0.462 e. The normalized spacial score (nSPS) is 15.1. The zero-order valence-electron chi connectivity index (χ0n) is 14.1. The molecule has 7 nitrogen and oxygen atoms in total. The number of Topliss-reactive ketones (excluding diaryl/α,β-unsaturated/α-hetero) is 1. The summed E-state index contributed by atoms with van der Waals surface area (Å²) in [5.74, 6) is -0.118. The van der Waals surface area contributed by atoms with Crippen molar-refractivity contribution < 1.29 is 14.3 Å². The van der Waals surface area contributed by atoms with E-state index >= 15 is 0 Å². The number of tetrazole rings is 1. The second kappa shape index (κ2) is 8.24. The van der Waals surface area contributed by atoms with E-state index in [9.17, 15) is 9.59 Å². The third kappa shape index (κ3) is 4.66. The number of carbonyl (C=O) groups is 2. The zero-order valence-corrected chi connectivity index (χ0v) is 14.9. The van der Waals surface area contributed by atoms with E-state index in [0.29, 0.717) is 16.4 Å². The Balaban J connectivity index is 1.63. The average Bonchev–Trinajstić information content (AvgIpc) is 3.09. The molecule has 1 aromatic carbocycles. The van der Waals surface area contributed by atoms with E-state index in [0.717, 1.165) is 25.7 Å². The van der Waals surface area contributed by atoms with Gasteiger partial charge in [-0.2, -0.15) is 4.68 Å². The fourth-order valence-corrected chi connectivity index (χ4v) is 3.49. The van der Waals surface area contributed by atoms with Gasteiger partial charge in [-0.3, -0.25) is 9.59 Å². The molecule has 1 aliphatic carbocycles. The first-order chi connectivity index (χ1) is 12.1. The quantitative estimate of drug-likeness (QED) is 0.445. The van der Waals surface area contributed by atoms with Crippen LogP contribution in [0.15, 0.2) is 29.4 Å². The highest BCUT2D eigenvalue weighted by Crippen LogP contribution is 2.23. The predicted octanol–water partition coefficient (Wildman–Crippen LogP) is 2.83. The highest BCUT2D eigenvalue weighted by atomic mass is 32.2. The molecule has 0 aliphatic heterocycles. The van der Waals surface area contributed by atoms with Crippen LogP contribution in [0.2, 0.25) is 0 Å². The molecule has 0 radical (unpaired) electrons. The highest BCUT2D eigenvalue weighted by molar-refractivity contribution is 7.99. The highest BCUT2D eigenvalue weighted by Gasteiger charge is 2.19. The Morgan fingerprint density at radius 1 is 1.28 bits per heavy atom. The number of benzene rings is 1. The van der Waals surface area contributed by atoms with Gasteiger partial charge < -0.3 is 4.74 Å². The summed E-state index contributed by atoms with van der Waals surface area (Å²) in [6, 6.07) is 7.06. The lowest BCUT2D eigenvalue weighted by atomic mass is 9.98. The summed E-state index contributed by atoms with van der Waals surface area (Å²) in [5.41, 5.74) is 1.27. The number of hydrogen-bond acceptors (Lipinski definition) is 7. The molecule has 1 aromatic heterocycles. The van der Waals surface area contributed by atoms with Crippen LogP contribution in [0.1, 0.15) is 49.4 Å². The van der Waals surface area contributed by atoms with E-state index in [4.69, 9.17) is 4.74 Å². The molecule has 8 heteroatoms. The van der Waals surface area contributed by atoms with Crippen LogP contribution >= 0.6 is 11.8 Å². The van der Waals surface area contributed by atoms with Gasteiger partial charge in [-0.15, -0.1) is 5.10 Å². The summed E-state index contributed by atoms with van der Waals surface area (Å²) in [6.07, 6.45) is 5.41. The maximum Gasteiger partial charge on any atom is 0.316 e. The lowest BCUT2D eigenvalue weighted by Crippen LogP contribution is -2.22. The van der Waals surface area contributed by atoms with Gasteiger partial charge >= 0.3 is 5.97 Å². The third-order valence-corrected chi connectivity index (χ3v) is 5.00. The van der Waals surface area contributed by atoms with Crippen LogP contribution in [0, 0.1) is 0 Å². The molecule has 0 bridgehead atoms. The van der Waals surface area contributed by atoms with Gasteiger partial charge in [-0.25, -0.2) is 0 Å². The molecule has 2 aromatic rings. The van der Waals surface area contributed by atoms with Gasteiger partial charge in [0.2, 0.25) is 5.16 Å². The number of thioether (sulfide) groups is 1. The topological polar surface area (TPSA) is 87.0 Å². The van der Waals surface area contributed by atoms with Crippen molar-refractivity contribution in [3.05, 3.63) is 29.8 Å². The second-order valence-corrected chi connectivity index (χ2v) is 6.96. The lowest BCUT2D eigenvalue weighted by Gasteiger charge is -2.21. The summed E-state index contributed by atoms with van der Waals surface area (Å²) in [5, 5.41) is 12.1. The van der Waals surface area contributed by atoms with E-state index in [1.807, 2.05) is 6.07 Å². The number of ether oxygens (including phenoxy) is 1. The van der Waals surface area contributed by atoms with Gasteiger partial charge in [0.05, 0.1) is 11.4 Å². The molecule has 0 spiro atoms. The Labute approximate surface area is 150 Å². The van der Waals surface area contributed by atoms with Gasteiger partial charge in [0.15, 0.2) is 5.78 Å². The average molecular weight is 360 g/mol. The smallest absolute Gasteiger partial charge is 0.316 e. The first-order valence-electron chi connectivity index (χ1n) is 8.35. The van der Waals surface area contributed by atoms with Gasteiger partial charge in [0.1, 0.15) is 6.10 Å². The van der Waals surface area contributed by atoms with Crippen molar-refractivity contribution in [1.82, 2.24) is 20.2 Å². The number of carbonyl (C=O) groups excluding carboxylic acids is 2. The maximum atomic E-state index is 12.0. The van der Waals surface area contributed by atoms with Crippen LogP contribution in [0.5, 0.6) is 0 Å². The van der Waals surface area contributed by atoms with Crippen LogP contribution in [-0.2, 0) is 9.53 Å². The Morgan fingerprint density at radius 2 is 2.08 bits per heavy atom. The second-order valence-electron chi connectivity index (χ2n) is 6.02. The molecule has 25 heavy (non-hydrogen) atoms. The molecule has 1 saturated carbocycles. The maximum absolute atomic E-state index is 12.0. The molecule has 0 atom stereocenters. The first-order valence-corrected chi connectivity index (χ1v) is 9.34. The van der Waals surface area contributed by atoms with Crippen LogP contribution in [0.3, 0.4) is 0 Å². The standard InChI is InChI=1S/C17H20N4O3S/c1-12(22)13-6-5-7-14(10-13)21-17(18-19-20-21)25-11-16(23)24-15-8-3-2-4-9-15/h5-7,10,15H,2-4,8-9,11H2,1H3.